The number of fused-ring (bicyclic) bond motifs is 1. The van der Waals surface area contributed by atoms with Gasteiger partial charge < -0.3 is 13.9 Å². The van der Waals surface area contributed by atoms with Gasteiger partial charge in [-0.1, -0.05) is 0 Å². The zero-order valence-corrected chi connectivity index (χ0v) is 11.2. The molecule has 0 bridgehead atoms. The van der Waals surface area contributed by atoms with Crippen LogP contribution in [0.5, 0.6) is 5.75 Å². The summed E-state index contributed by atoms with van der Waals surface area (Å²) in [6.07, 6.45) is 0. The topological polar surface area (TPSA) is 34.8 Å². The highest BCUT2D eigenvalue weighted by atomic mass is 16.5. The summed E-state index contributed by atoms with van der Waals surface area (Å²) in [6.45, 7) is 7.29. The molecule has 0 N–H and O–H groups in total. The average Bonchev–Trinajstić information content (AvgIpc) is 2.79. The van der Waals surface area contributed by atoms with Crippen molar-refractivity contribution in [3.05, 3.63) is 30.0 Å². The number of aryl methyl sites for hydroxylation is 1. The lowest BCUT2D eigenvalue weighted by Gasteiger charge is -2.26. The summed E-state index contributed by atoms with van der Waals surface area (Å²) in [5.41, 5.74) is 0.915. The minimum Gasteiger partial charge on any atom is -0.492 e. The van der Waals surface area contributed by atoms with Gasteiger partial charge in [0.15, 0.2) is 0 Å². The number of benzene rings is 1. The molecule has 0 atom stereocenters. The van der Waals surface area contributed by atoms with Crippen molar-refractivity contribution < 1.29 is 13.9 Å². The van der Waals surface area contributed by atoms with E-state index in [1.54, 1.807) is 0 Å². The summed E-state index contributed by atoms with van der Waals surface area (Å²) < 4.78 is 16.7. The number of hydrogen-bond donors (Lipinski definition) is 0. The SMILES string of the molecule is Cc1cc2cc(OCCN3CCOCC3)ccc2o1. The third-order valence-electron chi connectivity index (χ3n) is 3.39. The van der Waals surface area contributed by atoms with Crippen LogP contribution in [0.3, 0.4) is 0 Å². The van der Waals surface area contributed by atoms with Gasteiger partial charge in [0, 0.05) is 25.0 Å². The van der Waals surface area contributed by atoms with Crippen molar-refractivity contribution in [3.8, 4) is 5.75 Å². The Balaban J connectivity index is 1.55. The highest BCUT2D eigenvalue weighted by Gasteiger charge is 2.10. The standard InChI is InChI=1S/C15H19NO3/c1-12-10-13-11-14(2-3-15(13)19-12)18-9-6-16-4-7-17-8-5-16/h2-3,10-11H,4-9H2,1H3. The maximum atomic E-state index is 5.80. The molecule has 4 nitrogen and oxygen atoms in total. The van der Waals surface area contributed by atoms with E-state index in [1.807, 2.05) is 31.2 Å². The number of morpholine rings is 1. The van der Waals surface area contributed by atoms with Gasteiger partial charge in [0.1, 0.15) is 23.7 Å². The van der Waals surface area contributed by atoms with Crippen molar-refractivity contribution in [1.29, 1.82) is 0 Å². The van der Waals surface area contributed by atoms with Crippen molar-refractivity contribution >= 4 is 11.0 Å². The van der Waals surface area contributed by atoms with Crippen LogP contribution >= 0.6 is 0 Å². The van der Waals surface area contributed by atoms with Gasteiger partial charge in [-0.15, -0.1) is 0 Å². The van der Waals surface area contributed by atoms with Crippen molar-refractivity contribution in [2.75, 3.05) is 39.5 Å². The van der Waals surface area contributed by atoms with Gasteiger partial charge in [0.05, 0.1) is 13.2 Å². The second kappa shape index (κ2) is 5.63. The molecular weight excluding hydrogens is 242 g/mol. The van der Waals surface area contributed by atoms with Gasteiger partial charge in [-0.3, -0.25) is 4.90 Å². The molecule has 3 rings (SSSR count). The molecule has 1 fully saturated rings. The van der Waals surface area contributed by atoms with Crippen LogP contribution in [-0.4, -0.2) is 44.4 Å². The molecule has 102 valence electrons. The summed E-state index contributed by atoms with van der Waals surface area (Å²) >= 11 is 0. The first-order valence-corrected chi connectivity index (χ1v) is 6.74. The number of rotatable bonds is 4. The number of nitrogens with zero attached hydrogens (tertiary/aromatic N) is 1. The van der Waals surface area contributed by atoms with E-state index in [2.05, 4.69) is 4.90 Å². The number of hydrogen-bond acceptors (Lipinski definition) is 4. The minimum absolute atomic E-state index is 0.711. The second-order valence-electron chi connectivity index (χ2n) is 4.86. The molecule has 19 heavy (non-hydrogen) atoms. The first-order valence-electron chi connectivity index (χ1n) is 6.74. The summed E-state index contributed by atoms with van der Waals surface area (Å²) in [5.74, 6) is 1.84. The van der Waals surface area contributed by atoms with Gasteiger partial charge in [-0.05, 0) is 31.2 Å². The summed E-state index contributed by atoms with van der Waals surface area (Å²) in [4.78, 5) is 2.37. The Morgan fingerprint density at radius 1 is 1.21 bits per heavy atom. The normalized spacial score (nSPS) is 16.9. The molecule has 4 heteroatoms. The Labute approximate surface area is 112 Å². The predicted octanol–water partition coefficient (Wildman–Crippen LogP) is 2.45. The fraction of sp³-hybridized carbons (Fsp3) is 0.467. The van der Waals surface area contributed by atoms with Crippen LogP contribution in [0.4, 0.5) is 0 Å². The molecular formula is C15H19NO3. The number of ether oxygens (including phenoxy) is 2. The maximum Gasteiger partial charge on any atom is 0.134 e. The summed E-state index contributed by atoms with van der Waals surface area (Å²) in [7, 11) is 0. The zero-order valence-electron chi connectivity index (χ0n) is 11.2. The smallest absolute Gasteiger partial charge is 0.134 e. The molecule has 1 aliphatic rings. The van der Waals surface area contributed by atoms with E-state index in [0.717, 1.165) is 55.3 Å². The molecule has 0 radical (unpaired) electrons. The molecule has 1 aliphatic heterocycles. The molecule has 2 heterocycles. The molecule has 0 aliphatic carbocycles. The first kappa shape index (κ1) is 12.5. The maximum absolute atomic E-state index is 5.80. The van der Waals surface area contributed by atoms with E-state index in [9.17, 15) is 0 Å². The van der Waals surface area contributed by atoms with Crippen LogP contribution in [0, 0.1) is 6.92 Å². The fourth-order valence-corrected chi connectivity index (χ4v) is 2.36. The highest BCUT2D eigenvalue weighted by molar-refractivity contribution is 5.79. The number of furan rings is 1. The molecule has 0 unspecified atom stereocenters. The average molecular weight is 261 g/mol. The van der Waals surface area contributed by atoms with Crippen molar-refractivity contribution in [2.24, 2.45) is 0 Å². The largest absolute Gasteiger partial charge is 0.492 e. The van der Waals surface area contributed by atoms with Crippen LogP contribution in [-0.2, 0) is 4.74 Å². The Kier molecular flexibility index (Phi) is 3.71. The Morgan fingerprint density at radius 3 is 2.89 bits per heavy atom. The van der Waals surface area contributed by atoms with E-state index >= 15 is 0 Å². The van der Waals surface area contributed by atoms with Crippen molar-refractivity contribution in [1.82, 2.24) is 4.90 Å². The summed E-state index contributed by atoms with van der Waals surface area (Å²) in [5, 5.41) is 1.10. The molecule has 2 aromatic rings. The van der Waals surface area contributed by atoms with Crippen LogP contribution < -0.4 is 4.74 Å². The Hall–Kier alpha value is -1.52. The van der Waals surface area contributed by atoms with E-state index in [4.69, 9.17) is 13.9 Å². The van der Waals surface area contributed by atoms with Crippen molar-refractivity contribution in [3.63, 3.8) is 0 Å². The van der Waals surface area contributed by atoms with Gasteiger partial charge in [0.2, 0.25) is 0 Å². The Morgan fingerprint density at radius 2 is 2.05 bits per heavy atom. The molecule has 0 spiro atoms. The van der Waals surface area contributed by atoms with E-state index < -0.39 is 0 Å². The zero-order chi connectivity index (χ0) is 13.1. The van der Waals surface area contributed by atoms with Gasteiger partial charge in [-0.25, -0.2) is 0 Å². The minimum atomic E-state index is 0.711. The first-order chi connectivity index (χ1) is 9.31. The predicted molar refractivity (Wildman–Crippen MR) is 73.7 cm³/mol. The monoisotopic (exact) mass is 261 g/mol. The lowest BCUT2D eigenvalue weighted by atomic mass is 10.2. The van der Waals surface area contributed by atoms with Crippen LogP contribution in [0.2, 0.25) is 0 Å². The molecule has 1 aromatic heterocycles. The van der Waals surface area contributed by atoms with E-state index in [1.165, 1.54) is 0 Å². The second-order valence-corrected chi connectivity index (χ2v) is 4.86. The molecule has 1 aromatic carbocycles. The van der Waals surface area contributed by atoms with Crippen LogP contribution in [0.15, 0.2) is 28.7 Å². The van der Waals surface area contributed by atoms with Crippen LogP contribution in [0.25, 0.3) is 11.0 Å². The Bertz CT molecular complexity index is 543. The lowest BCUT2D eigenvalue weighted by molar-refractivity contribution is 0.0322. The highest BCUT2D eigenvalue weighted by Crippen LogP contribution is 2.23. The van der Waals surface area contributed by atoms with Crippen molar-refractivity contribution in [2.45, 2.75) is 6.92 Å². The fourth-order valence-electron chi connectivity index (χ4n) is 2.36. The van der Waals surface area contributed by atoms with Gasteiger partial charge >= 0.3 is 0 Å². The third-order valence-corrected chi connectivity index (χ3v) is 3.39. The van der Waals surface area contributed by atoms with Crippen LogP contribution in [0.1, 0.15) is 5.76 Å². The van der Waals surface area contributed by atoms with E-state index in [0.29, 0.717) is 6.61 Å². The van der Waals surface area contributed by atoms with E-state index in [-0.39, 0.29) is 0 Å². The molecule has 0 saturated carbocycles. The van der Waals surface area contributed by atoms with Gasteiger partial charge in [-0.2, -0.15) is 0 Å². The van der Waals surface area contributed by atoms with Gasteiger partial charge in [0.25, 0.3) is 0 Å². The molecule has 1 saturated heterocycles. The molecule has 0 amide bonds. The third kappa shape index (κ3) is 3.08. The lowest BCUT2D eigenvalue weighted by Crippen LogP contribution is -2.38. The quantitative estimate of drug-likeness (QED) is 0.846. The summed E-state index contributed by atoms with van der Waals surface area (Å²) in [6, 6.07) is 7.99.